The Morgan fingerprint density at radius 3 is 2.80 bits per heavy atom. The number of ether oxygens (including phenoxy) is 1. The predicted octanol–water partition coefficient (Wildman–Crippen LogP) is 2.83. The van der Waals surface area contributed by atoms with Crippen LogP contribution in [0.1, 0.15) is 37.7 Å². The standard InChI is InChI=1S/C16H22FNO2/c17-15-9-4-1-6-13(15)12-16(19)18-10-5-11-20-14-7-2-3-8-14/h1,4,6,9,14H,2-3,5,7-8,10-12H2,(H,18,19). The van der Waals surface area contributed by atoms with E-state index in [1.54, 1.807) is 18.2 Å². The lowest BCUT2D eigenvalue weighted by Crippen LogP contribution is -2.27. The summed E-state index contributed by atoms with van der Waals surface area (Å²) in [6, 6.07) is 6.37. The van der Waals surface area contributed by atoms with Gasteiger partial charge in [0.1, 0.15) is 5.82 Å². The molecule has 1 aliphatic carbocycles. The quantitative estimate of drug-likeness (QED) is 0.779. The molecular weight excluding hydrogens is 257 g/mol. The maximum atomic E-state index is 13.4. The Morgan fingerprint density at radius 1 is 1.30 bits per heavy atom. The maximum absolute atomic E-state index is 13.4. The third kappa shape index (κ3) is 4.93. The number of amides is 1. The molecule has 0 radical (unpaired) electrons. The lowest BCUT2D eigenvalue weighted by atomic mass is 10.1. The second-order valence-electron chi connectivity index (χ2n) is 5.25. The monoisotopic (exact) mass is 279 g/mol. The van der Waals surface area contributed by atoms with Crippen LogP contribution in [0.2, 0.25) is 0 Å². The van der Waals surface area contributed by atoms with Gasteiger partial charge in [0.2, 0.25) is 5.91 Å². The molecule has 1 amide bonds. The lowest BCUT2D eigenvalue weighted by molar-refractivity contribution is -0.120. The fourth-order valence-electron chi connectivity index (χ4n) is 2.48. The molecule has 0 saturated heterocycles. The van der Waals surface area contributed by atoms with Crippen molar-refractivity contribution in [2.45, 2.75) is 44.6 Å². The molecule has 2 rings (SSSR count). The Hall–Kier alpha value is -1.42. The molecule has 1 aromatic carbocycles. The van der Waals surface area contributed by atoms with Gasteiger partial charge in [-0.2, -0.15) is 0 Å². The third-order valence-electron chi connectivity index (χ3n) is 3.61. The Balaban J connectivity index is 1.57. The van der Waals surface area contributed by atoms with Crippen molar-refractivity contribution in [3.8, 4) is 0 Å². The van der Waals surface area contributed by atoms with Crippen molar-refractivity contribution < 1.29 is 13.9 Å². The van der Waals surface area contributed by atoms with Crippen LogP contribution in [0.25, 0.3) is 0 Å². The van der Waals surface area contributed by atoms with Crippen LogP contribution in [-0.2, 0) is 16.0 Å². The van der Waals surface area contributed by atoms with Crippen molar-refractivity contribution in [3.63, 3.8) is 0 Å². The number of hydrogen-bond donors (Lipinski definition) is 1. The first-order valence-electron chi connectivity index (χ1n) is 7.37. The number of nitrogens with one attached hydrogen (secondary N) is 1. The van der Waals surface area contributed by atoms with Gasteiger partial charge in [0.25, 0.3) is 0 Å². The summed E-state index contributed by atoms with van der Waals surface area (Å²) in [6.45, 7) is 1.27. The SMILES string of the molecule is O=C(Cc1ccccc1F)NCCCOC1CCCC1. The number of carbonyl (C=O) groups is 1. The van der Waals surface area contributed by atoms with Crippen molar-refractivity contribution >= 4 is 5.91 Å². The first-order valence-corrected chi connectivity index (χ1v) is 7.37. The number of carbonyl (C=O) groups excluding carboxylic acids is 1. The highest BCUT2D eigenvalue weighted by molar-refractivity contribution is 5.78. The second kappa shape index (κ2) is 8.00. The fraction of sp³-hybridized carbons (Fsp3) is 0.562. The summed E-state index contributed by atoms with van der Waals surface area (Å²) in [7, 11) is 0. The normalized spacial score (nSPS) is 15.4. The zero-order valence-electron chi connectivity index (χ0n) is 11.7. The zero-order chi connectivity index (χ0) is 14.2. The summed E-state index contributed by atoms with van der Waals surface area (Å²) in [6.07, 6.45) is 6.19. The van der Waals surface area contributed by atoms with Crippen molar-refractivity contribution in [2.24, 2.45) is 0 Å². The molecule has 0 bridgehead atoms. The highest BCUT2D eigenvalue weighted by Crippen LogP contribution is 2.20. The van der Waals surface area contributed by atoms with Crippen molar-refractivity contribution in [1.82, 2.24) is 5.32 Å². The van der Waals surface area contributed by atoms with E-state index in [-0.39, 0.29) is 18.1 Å². The van der Waals surface area contributed by atoms with Gasteiger partial charge in [-0.15, -0.1) is 0 Å². The minimum Gasteiger partial charge on any atom is -0.378 e. The van der Waals surface area contributed by atoms with Crippen LogP contribution >= 0.6 is 0 Å². The highest BCUT2D eigenvalue weighted by Gasteiger charge is 2.14. The van der Waals surface area contributed by atoms with Gasteiger partial charge >= 0.3 is 0 Å². The summed E-state index contributed by atoms with van der Waals surface area (Å²) < 4.78 is 19.1. The van der Waals surface area contributed by atoms with E-state index in [9.17, 15) is 9.18 Å². The van der Waals surface area contributed by atoms with Crippen molar-refractivity contribution in [2.75, 3.05) is 13.2 Å². The molecule has 0 unspecified atom stereocenters. The van der Waals surface area contributed by atoms with Gasteiger partial charge in [-0.3, -0.25) is 4.79 Å². The zero-order valence-corrected chi connectivity index (χ0v) is 11.7. The minimum atomic E-state index is -0.327. The Labute approximate surface area is 119 Å². The van der Waals surface area contributed by atoms with E-state index in [1.165, 1.54) is 31.7 Å². The van der Waals surface area contributed by atoms with Gasteiger partial charge in [-0.25, -0.2) is 4.39 Å². The van der Waals surface area contributed by atoms with Crippen LogP contribution < -0.4 is 5.32 Å². The van der Waals surface area contributed by atoms with Gasteiger partial charge in [-0.1, -0.05) is 31.0 Å². The summed E-state index contributed by atoms with van der Waals surface area (Å²) in [4.78, 5) is 11.7. The predicted molar refractivity (Wildman–Crippen MR) is 75.9 cm³/mol. The number of hydrogen-bond acceptors (Lipinski definition) is 2. The van der Waals surface area contributed by atoms with Gasteiger partial charge < -0.3 is 10.1 Å². The molecule has 0 heterocycles. The molecule has 0 aliphatic heterocycles. The van der Waals surface area contributed by atoms with Crippen LogP contribution in [0.3, 0.4) is 0 Å². The molecule has 1 fully saturated rings. The number of rotatable bonds is 7. The number of benzene rings is 1. The summed E-state index contributed by atoms with van der Waals surface area (Å²) in [5, 5.41) is 2.80. The van der Waals surface area contributed by atoms with E-state index in [4.69, 9.17) is 4.74 Å². The van der Waals surface area contributed by atoms with Crippen LogP contribution in [-0.4, -0.2) is 25.2 Å². The highest BCUT2D eigenvalue weighted by atomic mass is 19.1. The van der Waals surface area contributed by atoms with E-state index in [0.29, 0.717) is 24.8 Å². The molecular formula is C16H22FNO2. The first-order chi connectivity index (χ1) is 9.75. The van der Waals surface area contributed by atoms with E-state index >= 15 is 0 Å². The van der Waals surface area contributed by atoms with Crippen LogP contribution in [0.4, 0.5) is 4.39 Å². The molecule has 1 saturated carbocycles. The molecule has 4 heteroatoms. The average Bonchev–Trinajstić information content (AvgIpc) is 2.94. The van der Waals surface area contributed by atoms with Gasteiger partial charge in [-0.05, 0) is 30.9 Å². The Morgan fingerprint density at radius 2 is 2.05 bits per heavy atom. The van der Waals surface area contributed by atoms with Crippen LogP contribution in [0.15, 0.2) is 24.3 Å². The summed E-state index contributed by atoms with van der Waals surface area (Å²) in [5.74, 6) is -0.469. The topological polar surface area (TPSA) is 38.3 Å². The average molecular weight is 279 g/mol. The molecule has 1 aliphatic rings. The largest absolute Gasteiger partial charge is 0.378 e. The number of halogens is 1. The van der Waals surface area contributed by atoms with E-state index in [2.05, 4.69) is 5.32 Å². The van der Waals surface area contributed by atoms with Crippen molar-refractivity contribution in [3.05, 3.63) is 35.6 Å². The first kappa shape index (κ1) is 15.0. The summed E-state index contributed by atoms with van der Waals surface area (Å²) in [5.41, 5.74) is 0.437. The third-order valence-corrected chi connectivity index (χ3v) is 3.61. The summed E-state index contributed by atoms with van der Waals surface area (Å²) >= 11 is 0. The van der Waals surface area contributed by atoms with E-state index < -0.39 is 0 Å². The molecule has 3 nitrogen and oxygen atoms in total. The smallest absolute Gasteiger partial charge is 0.224 e. The fourth-order valence-corrected chi connectivity index (χ4v) is 2.48. The van der Waals surface area contributed by atoms with Gasteiger partial charge in [0, 0.05) is 13.2 Å². The van der Waals surface area contributed by atoms with Crippen molar-refractivity contribution in [1.29, 1.82) is 0 Å². The molecule has 1 N–H and O–H groups in total. The maximum Gasteiger partial charge on any atom is 0.224 e. The molecule has 0 atom stereocenters. The van der Waals surface area contributed by atoms with E-state index in [1.807, 2.05) is 0 Å². The minimum absolute atomic E-state index is 0.0934. The molecule has 1 aromatic rings. The molecule has 110 valence electrons. The Kier molecular flexibility index (Phi) is 5.99. The van der Waals surface area contributed by atoms with Gasteiger partial charge in [0.15, 0.2) is 0 Å². The van der Waals surface area contributed by atoms with Crippen LogP contribution in [0, 0.1) is 5.82 Å². The van der Waals surface area contributed by atoms with Gasteiger partial charge in [0.05, 0.1) is 12.5 Å². The second-order valence-corrected chi connectivity index (χ2v) is 5.25. The molecule has 20 heavy (non-hydrogen) atoms. The Bertz CT molecular complexity index is 430. The molecule has 0 spiro atoms. The lowest BCUT2D eigenvalue weighted by Gasteiger charge is -2.11. The molecule has 0 aromatic heterocycles. The van der Waals surface area contributed by atoms with E-state index in [0.717, 1.165) is 6.42 Å². The van der Waals surface area contributed by atoms with Crippen LogP contribution in [0.5, 0.6) is 0 Å².